The van der Waals surface area contributed by atoms with Gasteiger partial charge in [-0.1, -0.05) is 31.2 Å². The highest BCUT2D eigenvalue weighted by Gasteiger charge is 2.21. The molecule has 2 aromatic rings. The number of hydrogen-bond acceptors (Lipinski definition) is 3. The Balaban J connectivity index is 2.10. The standard InChI is InChI=1S/C18H20FNO3/c1-3-15(23-16-11-7-5-9-13(16)19)18(21)20-14-10-6-8-12-17(14)22-4-2/h5-12,15H,3-4H2,1-2H3,(H,20,21)/t15-/m0/s1. The van der Waals surface area contributed by atoms with Crippen LogP contribution in [0.15, 0.2) is 48.5 Å². The molecule has 1 amide bonds. The first-order valence-corrected chi connectivity index (χ1v) is 7.59. The van der Waals surface area contributed by atoms with Crippen molar-refractivity contribution in [3.8, 4) is 11.5 Å². The Kier molecular flexibility index (Phi) is 5.97. The fourth-order valence-electron chi connectivity index (χ4n) is 2.08. The van der Waals surface area contributed by atoms with Crippen molar-refractivity contribution >= 4 is 11.6 Å². The maximum Gasteiger partial charge on any atom is 0.265 e. The third-order valence-corrected chi connectivity index (χ3v) is 3.21. The first kappa shape index (κ1) is 16.8. The van der Waals surface area contributed by atoms with Gasteiger partial charge in [-0.2, -0.15) is 0 Å². The first-order chi connectivity index (χ1) is 11.2. The van der Waals surface area contributed by atoms with Crippen LogP contribution in [-0.4, -0.2) is 18.6 Å². The molecule has 5 heteroatoms. The van der Waals surface area contributed by atoms with Crippen molar-refractivity contribution in [1.82, 2.24) is 0 Å². The van der Waals surface area contributed by atoms with Gasteiger partial charge in [0.05, 0.1) is 12.3 Å². The molecule has 4 nitrogen and oxygen atoms in total. The van der Waals surface area contributed by atoms with E-state index in [1.54, 1.807) is 37.3 Å². The van der Waals surface area contributed by atoms with Crippen molar-refractivity contribution in [2.45, 2.75) is 26.4 Å². The lowest BCUT2D eigenvalue weighted by atomic mass is 10.2. The average Bonchev–Trinajstić information content (AvgIpc) is 2.56. The van der Waals surface area contributed by atoms with Crippen LogP contribution in [0.5, 0.6) is 11.5 Å². The topological polar surface area (TPSA) is 47.6 Å². The molecule has 0 radical (unpaired) electrons. The summed E-state index contributed by atoms with van der Waals surface area (Å²) in [5, 5.41) is 2.77. The van der Waals surface area contributed by atoms with E-state index in [1.807, 2.05) is 13.0 Å². The van der Waals surface area contributed by atoms with Gasteiger partial charge in [-0.05, 0) is 37.6 Å². The van der Waals surface area contributed by atoms with Crippen molar-refractivity contribution < 1.29 is 18.7 Å². The number of para-hydroxylation sites is 3. The van der Waals surface area contributed by atoms with E-state index < -0.39 is 11.9 Å². The second kappa shape index (κ2) is 8.17. The van der Waals surface area contributed by atoms with Gasteiger partial charge >= 0.3 is 0 Å². The lowest BCUT2D eigenvalue weighted by Crippen LogP contribution is -2.32. The maximum absolute atomic E-state index is 13.7. The molecular weight excluding hydrogens is 297 g/mol. The smallest absolute Gasteiger partial charge is 0.265 e. The number of anilines is 1. The molecule has 0 unspecified atom stereocenters. The van der Waals surface area contributed by atoms with Gasteiger partial charge in [0.1, 0.15) is 5.75 Å². The summed E-state index contributed by atoms with van der Waals surface area (Å²) in [5.41, 5.74) is 0.565. The van der Waals surface area contributed by atoms with Gasteiger partial charge in [0, 0.05) is 0 Å². The summed E-state index contributed by atoms with van der Waals surface area (Å²) in [4.78, 5) is 12.4. The monoisotopic (exact) mass is 317 g/mol. The molecule has 0 saturated carbocycles. The van der Waals surface area contributed by atoms with Gasteiger partial charge in [-0.25, -0.2) is 4.39 Å². The summed E-state index contributed by atoms with van der Waals surface area (Å²) in [6.45, 7) is 4.17. The molecule has 23 heavy (non-hydrogen) atoms. The van der Waals surface area contributed by atoms with E-state index in [0.717, 1.165) is 0 Å². The van der Waals surface area contributed by atoms with E-state index in [-0.39, 0.29) is 11.7 Å². The highest BCUT2D eigenvalue weighted by Crippen LogP contribution is 2.25. The minimum Gasteiger partial charge on any atom is -0.492 e. The van der Waals surface area contributed by atoms with Crippen molar-refractivity contribution in [2.24, 2.45) is 0 Å². The zero-order valence-corrected chi connectivity index (χ0v) is 13.2. The summed E-state index contributed by atoms with van der Waals surface area (Å²) >= 11 is 0. The van der Waals surface area contributed by atoms with Crippen LogP contribution in [-0.2, 0) is 4.79 Å². The largest absolute Gasteiger partial charge is 0.492 e. The SMILES string of the molecule is CCOc1ccccc1NC(=O)[C@H](CC)Oc1ccccc1F. The third-order valence-electron chi connectivity index (χ3n) is 3.21. The van der Waals surface area contributed by atoms with Crippen molar-refractivity contribution in [2.75, 3.05) is 11.9 Å². The van der Waals surface area contributed by atoms with E-state index in [9.17, 15) is 9.18 Å². The van der Waals surface area contributed by atoms with Crippen molar-refractivity contribution in [3.63, 3.8) is 0 Å². The Labute approximate surface area is 135 Å². The zero-order chi connectivity index (χ0) is 16.7. The number of hydrogen-bond donors (Lipinski definition) is 1. The lowest BCUT2D eigenvalue weighted by Gasteiger charge is -2.18. The van der Waals surface area contributed by atoms with Crippen LogP contribution in [0.3, 0.4) is 0 Å². The number of carbonyl (C=O) groups is 1. The van der Waals surface area contributed by atoms with E-state index in [1.165, 1.54) is 12.1 Å². The average molecular weight is 317 g/mol. The molecule has 1 atom stereocenters. The van der Waals surface area contributed by atoms with Crippen LogP contribution in [0, 0.1) is 5.82 Å². The normalized spacial score (nSPS) is 11.6. The van der Waals surface area contributed by atoms with E-state index >= 15 is 0 Å². The number of carbonyl (C=O) groups excluding carboxylic acids is 1. The maximum atomic E-state index is 13.7. The zero-order valence-electron chi connectivity index (χ0n) is 13.2. The molecule has 122 valence electrons. The molecule has 0 aliphatic heterocycles. The summed E-state index contributed by atoms with van der Waals surface area (Å²) in [6, 6.07) is 13.2. The van der Waals surface area contributed by atoms with Crippen LogP contribution in [0.2, 0.25) is 0 Å². The molecule has 0 fully saturated rings. The predicted octanol–water partition coefficient (Wildman–Crippen LogP) is 4.02. The first-order valence-electron chi connectivity index (χ1n) is 7.59. The predicted molar refractivity (Wildman–Crippen MR) is 87.3 cm³/mol. The van der Waals surface area contributed by atoms with Gasteiger partial charge in [-0.3, -0.25) is 4.79 Å². The van der Waals surface area contributed by atoms with E-state index in [2.05, 4.69) is 5.32 Å². The molecular formula is C18H20FNO3. The number of benzene rings is 2. The molecule has 2 rings (SSSR count). The summed E-state index contributed by atoms with van der Waals surface area (Å²) in [5.74, 6) is -0.187. The number of ether oxygens (including phenoxy) is 2. The fraction of sp³-hybridized carbons (Fsp3) is 0.278. The van der Waals surface area contributed by atoms with E-state index in [0.29, 0.717) is 24.5 Å². The molecule has 0 bridgehead atoms. The number of nitrogens with one attached hydrogen (secondary N) is 1. The minimum absolute atomic E-state index is 0.0626. The van der Waals surface area contributed by atoms with Gasteiger partial charge < -0.3 is 14.8 Å². The molecule has 0 aliphatic carbocycles. The van der Waals surface area contributed by atoms with Gasteiger partial charge in [0.2, 0.25) is 0 Å². The highest BCUT2D eigenvalue weighted by atomic mass is 19.1. The third kappa shape index (κ3) is 4.45. The molecule has 0 heterocycles. The number of halogens is 1. The quantitative estimate of drug-likeness (QED) is 0.839. The van der Waals surface area contributed by atoms with Crippen LogP contribution in [0.25, 0.3) is 0 Å². The van der Waals surface area contributed by atoms with Crippen LogP contribution in [0.4, 0.5) is 10.1 Å². The molecule has 0 aliphatic rings. The number of rotatable bonds is 7. The second-order valence-electron chi connectivity index (χ2n) is 4.86. The van der Waals surface area contributed by atoms with Crippen molar-refractivity contribution in [1.29, 1.82) is 0 Å². The van der Waals surface area contributed by atoms with Crippen LogP contribution >= 0.6 is 0 Å². The Morgan fingerprint density at radius 1 is 1.09 bits per heavy atom. The Bertz CT molecular complexity index is 660. The highest BCUT2D eigenvalue weighted by molar-refractivity contribution is 5.95. The summed E-state index contributed by atoms with van der Waals surface area (Å²) < 4.78 is 24.6. The Morgan fingerprint density at radius 2 is 1.74 bits per heavy atom. The molecule has 0 aromatic heterocycles. The fourth-order valence-corrected chi connectivity index (χ4v) is 2.08. The minimum atomic E-state index is -0.790. The lowest BCUT2D eigenvalue weighted by molar-refractivity contribution is -0.122. The van der Waals surface area contributed by atoms with Gasteiger partial charge in [-0.15, -0.1) is 0 Å². The Hall–Kier alpha value is -2.56. The van der Waals surface area contributed by atoms with Crippen molar-refractivity contribution in [3.05, 3.63) is 54.3 Å². The van der Waals surface area contributed by atoms with Crippen LogP contribution in [0.1, 0.15) is 20.3 Å². The molecule has 0 saturated heterocycles. The molecule has 0 spiro atoms. The summed E-state index contributed by atoms with van der Waals surface area (Å²) in [6.07, 6.45) is -0.377. The second-order valence-corrected chi connectivity index (χ2v) is 4.86. The number of amides is 1. The molecule has 1 N–H and O–H groups in total. The molecule has 2 aromatic carbocycles. The van der Waals surface area contributed by atoms with Gasteiger partial charge in [0.15, 0.2) is 17.7 Å². The van der Waals surface area contributed by atoms with Gasteiger partial charge in [0.25, 0.3) is 5.91 Å². The van der Waals surface area contributed by atoms with Crippen LogP contribution < -0.4 is 14.8 Å². The Morgan fingerprint density at radius 3 is 2.39 bits per heavy atom. The summed E-state index contributed by atoms with van der Waals surface area (Å²) in [7, 11) is 0. The van der Waals surface area contributed by atoms with E-state index in [4.69, 9.17) is 9.47 Å².